The van der Waals surface area contributed by atoms with Crippen molar-refractivity contribution in [2.24, 2.45) is 0 Å². The van der Waals surface area contributed by atoms with Gasteiger partial charge in [0.2, 0.25) is 0 Å². The van der Waals surface area contributed by atoms with Crippen molar-refractivity contribution in [3.05, 3.63) is 98.9 Å². The summed E-state index contributed by atoms with van der Waals surface area (Å²) in [5.74, 6) is 0. The summed E-state index contributed by atoms with van der Waals surface area (Å²) in [6, 6.07) is 8.39. The van der Waals surface area contributed by atoms with Gasteiger partial charge in [-0.05, 0) is 67.8 Å². The van der Waals surface area contributed by atoms with Crippen LogP contribution < -0.4 is 0 Å². The van der Waals surface area contributed by atoms with E-state index in [1.165, 1.54) is 13.0 Å². The smallest absolute Gasteiger partial charge is 0.416 e. The van der Waals surface area contributed by atoms with Crippen LogP contribution in [0.1, 0.15) is 52.0 Å². The molecule has 1 saturated heterocycles. The Bertz CT molecular complexity index is 1730. The quantitative estimate of drug-likeness (QED) is 0.201. The van der Waals surface area contributed by atoms with Crippen molar-refractivity contribution < 1.29 is 49.0 Å². The number of nitrogens with zero attached hydrogens (tertiary/aromatic N) is 2. The van der Waals surface area contributed by atoms with Gasteiger partial charge < -0.3 is 4.74 Å². The summed E-state index contributed by atoms with van der Waals surface area (Å²) >= 11 is 1.16. The van der Waals surface area contributed by atoms with E-state index in [0.717, 1.165) is 45.1 Å². The van der Waals surface area contributed by atoms with Gasteiger partial charge in [0.25, 0.3) is 0 Å². The van der Waals surface area contributed by atoms with Crippen molar-refractivity contribution in [1.29, 1.82) is 0 Å². The summed E-state index contributed by atoms with van der Waals surface area (Å²) in [6.45, 7) is 4.66. The summed E-state index contributed by atoms with van der Waals surface area (Å²) in [5, 5.41) is 2.08. The van der Waals surface area contributed by atoms with Gasteiger partial charge in [-0.25, -0.2) is 9.78 Å². The highest BCUT2D eigenvalue weighted by molar-refractivity contribution is 7.13. The van der Waals surface area contributed by atoms with Gasteiger partial charge in [0, 0.05) is 16.5 Å². The van der Waals surface area contributed by atoms with Gasteiger partial charge in [-0.2, -0.15) is 39.5 Å². The van der Waals surface area contributed by atoms with Crippen molar-refractivity contribution in [2.75, 3.05) is 0 Å². The van der Waals surface area contributed by atoms with Crippen LogP contribution in [0.4, 0.5) is 44.3 Å². The predicted molar refractivity (Wildman–Crippen MR) is 148 cm³/mol. The summed E-state index contributed by atoms with van der Waals surface area (Å²) in [6.07, 6.45) is -17.7. The molecule has 0 bridgehead atoms. The second-order valence-corrected chi connectivity index (χ2v) is 11.6. The summed E-state index contributed by atoms with van der Waals surface area (Å²) < 4.78 is 127. The number of cyclic esters (lactones) is 1. The Labute approximate surface area is 255 Å². The number of rotatable bonds is 5. The maximum Gasteiger partial charge on any atom is 0.416 e. The first kappa shape index (κ1) is 32.3. The molecule has 1 aromatic heterocycles. The van der Waals surface area contributed by atoms with E-state index in [1.54, 1.807) is 5.38 Å². The minimum Gasteiger partial charge on any atom is -0.439 e. The maximum atomic E-state index is 13.7. The lowest BCUT2D eigenvalue weighted by molar-refractivity contribution is -0.143. The van der Waals surface area contributed by atoms with E-state index in [4.69, 9.17) is 4.74 Å². The van der Waals surface area contributed by atoms with Gasteiger partial charge in [0.05, 0.1) is 35.0 Å². The molecule has 45 heavy (non-hydrogen) atoms. The second kappa shape index (κ2) is 11.4. The van der Waals surface area contributed by atoms with Crippen LogP contribution >= 0.6 is 11.3 Å². The Morgan fingerprint density at radius 3 is 1.98 bits per heavy atom. The summed E-state index contributed by atoms with van der Waals surface area (Å²) in [5.41, 5.74) is -1.10. The predicted octanol–water partition coefficient (Wildman–Crippen LogP) is 10.2. The number of alkyl halides is 9. The molecule has 14 heteroatoms. The van der Waals surface area contributed by atoms with Crippen molar-refractivity contribution in [2.45, 2.75) is 58.0 Å². The van der Waals surface area contributed by atoms with Gasteiger partial charge in [-0.15, -0.1) is 11.3 Å². The average molecular weight is 659 g/mol. The molecule has 0 aliphatic carbocycles. The zero-order valence-corrected chi connectivity index (χ0v) is 24.5. The second-order valence-electron chi connectivity index (χ2n) is 10.7. The molecule has 4 nitrogen and oxygen atoms in total. The fourth-order valence-corrected chi connectivity index (χ4v) is 6.10. The fourth-order valence-electron chi connectivity index (χ4n) is 5.22. The van der Waals surface area contributed by atoms with E-state index in [-0.39, 0.29) is 17.2 Å². The molecule has 3 aromatic carbocycles. The Kier molecular flexibility index (Phi) is 8.17. The molecule has 238 valence electrons. The molecule has 2 atom stereocenters. The van der Waals surface area contributed by atoms with Gasteiger partial charge in [0.15, 0.2) is 0 Å². The molecule has 2 heterocycles. The van der Waals surface area contributed by atoms with Crippen LogP contribution in [0.2, 0.25) is 0 Å². The Balaban J connectivity index is 1.52. The first-order valence-electron chi connectivity index (χ1n) is 13.3. The highest BCUT2D eigenvalue weighted by Gasteiger charge is 2.44. The standard InChI is InChI=1S/C31H23F9N2O2S/c1-15-4-6-23(16(2)8-15)25-14-45-27(41-25)24-7-5-20(29(32,33)34)11-19(24)13-42-17(3)26(44-28(42)43)18-9-21(30(35,36)37)12-22(10-18)31(38,39)40/h4-12,14,17,26H,13H2,1-3H3. The van der Waals surface area contributed by atoms with Crippen molar-refractivity contribution >= 4 is 17.4 Å². The fraction of sp³-hybridized carbons (Fsp3) is 0.290. The van der Waals surface area contributed by atoms with Crippen LogP contribution in [-0.2, 0) is 29.8 Å². The number of thiazole rings is 1. The maximum absolute atomic E-state index is 13.7. The monoisotopic (exact) mass is 658 g/mol. The van der Waals surface area contributed by atoms with Crippen LogP contribution in [0.5, 0.6) is 0 Å². The lowest BCUT2D eigenvalue weighted by Gasteiger charge is -2.23. The van der Waals surface area contributed by atoms with E-state index >= 15 is 0 Å². The summed E-state index contributed by atoms with van der Waals surface area (Å²) in [4.78, 5) is 18.5. The lowest BCUT2D eigenvalue weighted by Crippen LogP contribution is -2.32. The number of hydrogen-bond acceptors (Lipinski definition) is 4. The Hall–Kier alpha value is -4.07. The minimum absolute atomic E-state index is 0.0100. The van der Waals surface area contributed by atoms with Gasteiger partial charge in [-0.1, -0.05) is 29.8 Å². The van der Waals surface area contributed by atoms with Crippen LogP contribution in [0, 0.1) is 13.8 Å². The molecule has 0 radical (unpaired) electrons. The Morgan fingerprint density at radius 2 is 1.40 bits per heavy atom. The first-order valence-corrected chi connectivity index (χ1v) is 14.2. The molecule has 1 aliphatic rings. The lowest BCUT2D eigenvalue weighted by atomic mass is 9.97. The number of hydrogen-bond donors (Lipinski definition) is 0. The largest absolute Gasteiger partial charge is 0.439 e. The van der Waals surface area contributed by atoms with Gasteiger partial charge >= 0.3 is 24.6 Å². The molecule has 5 rings (SSSR count). The van der Waals surface area contributed by atoms with E-state index in [0.29, 0.717) is 22.8 Å². The zero-order valence-electron chi connectivity index (χ0n) is 23.7. The number of aryl methyl sites for hydroxylation is 2. The van der Waals surface area contributed by atoms with E-state index in [9.17, 15) is 44.3 Å². The zero-order chi connectivity index (χ0) is 33.1. The highest BCUT2D eigenvalue weighted by Crippen LogP contribution is 2.42. The van der Waals surface area contributed by atoms with Crippen molar-refractivity contribution in [3.8, 4) is 21.8 Å². The van der Waals surface area contributed by atoms with Crippen molar-refractivity contribution in [1.82, 2.24) is 9.88 Å². The normalized spacial score (nSPS) is 17.6. The number of halogens is 9. The minimum atomic E-state index is -5.13. The van der Waals surface area contributed by atoms with E-state index in [1.807, 2.05) is 32.0 Å². The third-order valence-corrected chi connectivity index (χ3v) is 8.37. The van der Waals surface area contributed by atoms with E-state index in [2.05, 4.69) is 4.98 Å². The third kappa shape index (κ3) is 6.65. The molecule has 2 unspecified atom stereocenters. The van der Waals surface area contributed by atoms with Crippen LogP contribution in [-0.4, -0.2) is 22.0 Å². The highest BCUT2D eigenvalue weighted by atomic mass is 32.1. The van der Waals surface area contributed by atoms with Gasteiger partial charge in [-0.3, -0.25) is 4.90 Å². The topological polar surface area (TPSA) is 42.4 Å². The third-order valence-electron chi connectivity index (χ3n) is 7.50. The van der Waals surface area contributed by atoms with E-state index < -0.39 is 65.6 Å². The molecule has 1 amide bonds. The molecule has 4 aromatic rings. The average Bonchev–Trinajstić information content (AvgIpc) is 3.52. The number of carbonyl (C=O) groups excluding carboxylic acids is 1. The van der Waals surface area contributed by atoms with Crippen molar-refractivity contribution in [3.63, 3.8) is 0 Å². The number of benzene rings is 3. The van der Waals surface area contributed by atoms with Crippen LogP contribution in [0.15, 0.2) is 60.0 Å². The molecule has 1 fully saturated rings. The number of carbonyl (C=O) groups is 1. The molecule has 1 aliphatic heterocycles. The number of aromatic nitrogens is 1. The Morgan fingerprint density at radius 1 is 0.800 bits per heavy atom. The molecular formula is C31H23F9N2O2S. The summed E-state index contributed by atoms with van der Waals surface area (Å²) in [7, 11) is 0. The van der Waals surface area contributed by atoms with Crippen LogP contribution in [0.25, 0.3) is 21.8 Å². The molecule has 0 saturated carbocycles. The van der Waals surface area contributed by atoms with Gasteiger partial charge in [0.1, 0.15) is 11.1 Å². The molecule has 0 spiro atoms. The first-order chi connectivity index (χ1) is 20.8. The SMILES string of the molecule is Cc1ccc(-c2csc(-c3ccc(C(F)(F)F)cc3CN3C(=O)OC(c4cc(C(F)(F)F)cc(C(F)(F)F)c4)C3C)n2)c(C)c1. The number of amides is 1. The molecular weight excluding hydrogens is 635 g/mol. The van der Waals surface area contributed by atoms with Crippen LogP contribution in [0.3, 0.4) is 0 Å². The molecule has 0 N–H and O–H groups in total. The number of ether oxygens (including phenoxy) is 1.